The average molecular weight is 377 g/mol. The van der Waals surface area contributed by atoms with Crippen molar-refractivity contribution in [2.75, 3.05) is 0 Å². The molecule has 0 unspecified atom stereocenters. The second-order valence-corrected chi connectivity index (χ2v) is 7.88. The van der Waals surface area contributed by atoms with Gasteiger partial charge in [0.1, 0.15) is 23.3 Å². The molecule has 0 radical (unpaired) electrons. The van der Waals surface area contributed by atoms with Gasteiger partial charge in [-0.25, -0.2) is 8.78 Å². The second-order valence-electron chi connectivity index (χ2n) is 7.88. The predicted molar refractivity (Wildman–Crippen MR) is 109 cm³/mol. The van der Waals surface area contributed by atoms with Crippen LogP contribution in [-0.2, 0) is 5.41 Å². The quantitative estimate of drug-likeness (QED) is 0.537. The highest BCUT2D eigenvalue weighted by molar-refractivity contribution is 6.28. The van der Waals surface area contributed by atoms with Gasteiger partial charge in [0.2, 0.25) is 0 Å². The SMILES string of the molecule is CCC(C)(C)c1ccc2cc3c(c(-c4cc(F)cc(F)c4)c2c1)C(=N)NC3=N. The number of halogens is 2. The normalized spacial score (nSPS) is 13.8. The number of hydrogen-bond acceptors (Lipinski definition) is 2. The Morgan fingerprint density at radius 1 is 0.893 bits per heavy atom. The van der Waals surface area contributed by atoms with E-state index < -0.39 is 11.6 Å². The fraction of sp³-hybridized carbons (Fsp3) is 0.217. The van der Waals surface area contributed by atoms with E-state index in [4.69, 9.17) is 10.8 Å². The van der Waals surface area contributed by atoms with Crippen LogP contribution in [0.25, 0.3) is 21.9 Å². The van der Waals surface area contributed by atoms with Gasteiger partial charge in [-0.05, 0) is 58.0 Å². The van der Waals surface area contributed by atoms with Gasteiger partial charge < -0.3 is 5.32 Å². The minimum Gasteiger partial charge on any atom is -0.325 e. The molecular weight excluding hydrogens is 356 g/mol. The maximum Gasteiger partial charge on any atom is 0.132 e. The standard InChI is InChI=1S/C23H21F2N3/c1-4-23(2,3)14-6-5-12-9-18-20(22(27)28-21(18)26)19(17(12)10-14)13-7-15(24)11-16(25)8-13/h5-11H,4H2,1-3H3,(H3,26,27,28). The summed E-state index contributed by atoms with van der Waals surface area (Å²) in [5.41, 5.74) is 3.09. The molecule has 1 aliphatic rings. The molecule has 0 fully saturated rings. The van der Waals surface area contributed by atoms with Crippen molar-refractivity contribution < 1.29 is 8.78 Å². The van der Waals surface area contributed by atoms with Gasteiger partial charge in [-0.3, -0.25) is 10.8 Å². The van der Waals surface area contributed by atoms with Crippen molar-refractivity contribution in [3.8, 4) is 11.1 Å². The molecule has 0 bridgehead atoms. The van der Waals surface area contributed by atoms with E-state index in [2.05, 4.69) is 32.2 Å². The molecule has 3 aromatic rings. The van der Waals surface area contributed by atoms with Crippen LogP contribution in [0, 0.1) is 22.5 Å². The number of rotatable bonds is 3. The summed E-state index contributed by atoms with van der Waals surface area (Å²) in [6.45, 7) is 6.43. The maximum absolute atomic E-state index is 14.0. The Bertz CT molecular complexity index is 1140. The first-order valence-corrected chi connectivity index (χ1v) is 9.24. The van der Waals surface area contributed by atoms with Crippen molar-refractivity contribution in [1.29, 1.82) is 10.8 Å². The molecule has 3 aromatic carbocycles. The van der Waals surface area contributed by atoms with E-state index in [-0.39, 0.29) is 17.1 Å². The summed E-state index contributed by atoms with van der Waals surface area (Å²) in [5.74, 6) is -1.14. The average Bonchev–Trinajstić information content (AvgIpc) is 2.92. The highest BCUT2D eigenvalue weighted by Gasteiger charge is 2.28. The van der Waals surface area contributed by atoms with Crippen LogP contribution < -0.4 is 5.32 Å². The van der Waals surface area contributed by atoms with E-state index in [1.807, 2.05) is 18.2 Å². The van der Waals surface area contributed by atoms with Crippen LogP contribution in [0.3, 0.4) is 0 Å². The Labute approximate surface area is 162 Å². The van der Waals surface area contributed by atoms with E-state index >= 15 is 0 Å². The lowest BCUT2D eigenvalue weighted by Crippen LogP contribution is -2.20. The molecule has 142 valence electrons. The topological polar surface area (TPSA) is 59.7 Å². The van der Waals surface area contributed by atoms with Crippen LogP contribution in [-0.4, -0.2) is 11.7 Å². The summed E-state index contributed by atoms with van der Waals surface area (Å²) in [6, 6.07) is 11.4. The molecule has 0 aromatic heterocycles. The summed E-state index contributed by atoms with van der Waals surface area (Å²) >= 11 is 0. The first kappa shape index (κ1) is 18.3. The van der Waals surface area contributed by atoms with Crippen molar-refractivity contribution in [1.82, 2.24) is 5.32 Å². The third-order valence-corrected chi connectivity index (χ3v) is 5.73. The largest absolute Gasteiger partial charge is 0.325 e. The van der Waals surface area contributed by atoms with E-state index in [9.17, 15) is 8.78 Å². The van der Waals surface area contributed by atoms with Crippen LogP contribution >= 0.6 is 0 Å². The minimum atomic E-state index is -0.668. The molecular formula is C23H21F2N3. The number of hydrogen-bond donors (Lipinski definition) is 3. The van der Waals surface area contributed by atoms with Gasteiger partial charge in [-0.2, -0.15) is 0 Å². The van der Waals surface area contributed by atoms with E-state index in [1.165, 1.54) is 12.1 Å². The highest BCUT2D eigenvalue weighted by Crippen LogP contribution is 2.39. The van der Waals surface area contributed by atoms with Gasteiger partial charge in [0.25, 0.3) is 0 Å². The zero-order valence-electron chi connectivity index (χ0n) is 16.0. The lowest BCUT2D eigenvalue weighted by molar-refractivity contribution is 0.507. The zero-order chi connectivity index (χ0) is 20.2. The Hall–Kier alpha value is -3.08. The second kappa shape index (κ2) is 6.23. The zero-order valence-corrected chi connectivity index (χ0v) is 16.0. The molecule has 28 heavy (non-hydrogen) atoms. The van der Waals surface area contributed by atoms with Gasteiger partial charge >= 0.3 is 0 Å². The van der Waals surface area contributed by atoms with Crippen molar-refractivity contribution in [2.24, 2.45) is 0 Å². The van der Waals surface area contributed by atoms with Gasteiger partial charge in [0.15, 0.2) is 0 Å². The Balaban J connectivity index is 2.14. The lowest BCUT2D eigenvalue weighted by Gasteiger charge is -2.24. The minimum absolute atomic E-state index is 0.0594. The van der Waals surface area contributed by atoms with Gasteiger partial charge in [-0.1, -0.05) is 32.9 Å². The molecule has 0 saturated carbocycles. The first-order chi connectivity index (χ1) is 13.2. The van der Waals surface area contributed by atoms with Crippen molar-refractivity contribution >= 4 is 22.4 Å². The van der Waals surface area contributed by atoms with Crippen LogP contribution in [0.4, 0.5) is 8.78 Å². The molecule has 3 nitrogen and oxygen atoms in total. The molecule has 0 amide bonds. The molecule has 0 saturated heterocycles. The summed E-state index contributed by atoms with van der Waals surface area (Å²) in [7, 11) is 0. The molecule has 0 spiro atoms. The number of amidine groups is 2. The van der Waals surface area contributed by atoms with Gasteiger partial charge in [0.05, 0.1) is 0 Å². The van der Waals surface area contributed by atoms with Crippen molar-refractivity contribution in [3.63, 3.8) is 0 Å². The summed E-state index contributed by atoms with van der Waals surface area (Å²) in [5, 5.41) is 20.9. The van der Waals surface area contributed by atoms with Crippen LogP contribution in [0.15, 0.2) is 42.5 Å². The molecule has 3 N–H and O–H groups in total. The molecule has 5 heteroatoms. The van der Waals surface area contributed by atoms with Gasteiger partial charge in [0, 0.05) is 22.8 Å². The molecule has 1 aliphatic heterocycles. The number of fused-ring (bicyclic) bond motifs is 2. The fourth-order valence-electron chi connectivity index (χ4n) is 3.73. The Morgan fingerprint density at radius 2 is 1.57 bits per heavy atom. The van der Waals surface area contributed by atoms with Crippen LogP contribution in [0.1, 0.15) is 43.9 Å². The van der Waals surface area contributed by atoms with E-state index in [1.54, 1.807) is 0 Å². The van der Waals surface area contributed by atoms with Crippen molar-refractivity contribution in [3.05, 3.63) is 70.8 Å². The Kier molecular flexibility index (Phi) is 4.07. The molecule has 1 heterocycles. The molecule has 4 rings (SSSR count). The van der Waals surface area contributed by atoms with E-state index in [0.29, 0.717) is 22.3 Å². The third kappa shape index (κ3) is 2.78. The van der Waals surface area contributed by atoms with Crippen LogP contribution in [0.5, 0.6) is 0 Å². The number of nitrogens with one attached hydrogen (secondary N) is 3. The third-order valence-electron chi connectivity index (χ3n) is 5.73. The van der Waals surface area contributed by atoms with Gasteiger partial charge in [-0.15, -0.1) is 0 Å². The van der Waals surface area contributed by atoms with Crippen LogP contribution in [0.2, 0.25) is 0 Å². The summed E-state index contributed by atoms with van der Waals surface area (Å²) in [6.07, 6.45) is 0.940. The summed E-state index contributed by atoms with van der Waals surface area (Å²) in [4.78, 5) is 0. The fourth-order valence-corrected chi connectivity index (χ4v) is 3.73. The molecule has 0 atom stereocenters. The first-order valence-electron chi connectivity index (χ1n) is 9.24. The maximum atomic E-state index is 14.0. The number of benzene rings is 3. The Morgan fingerprint density at radius 3 is 2.21 bits per heavy atom. The lowest BCUT2D eigenvalue weighted by atomic mass is 9.80. The highest BCUT2D eigenvalue weighted by atomic mass is 19.1. The summed E-state index contributed by atoms with van der Waals surface area (Å²) < 4.78 is 28.0. The predicted octanol–water partition coefficient (Wildman–Crippen LogP) is 5.73. The monoisotopic (exact) mass is 377 g/mol. The smallest absolute Gasteiger partial charge is 0.132 e. The van der Waals surface area contributed by atoms with E-state index in [0.717, 1.165) is 28.8 Å². The van der Waals surface area contributed by atoms with Crippen molar-refractivity contribution in [2.45, 2.75) is 32.6 Å². The molecule has 0 aliphatic carbocycles.